The van der Waals surface area contributed by atoms with Crippen LogP contribution < -0.4 is 4.90 Å². The van der Waals surface area contributed by atoms with Gasteiger partial charge in [0.25, 0.3) is 0 Å². The lowest BCUT2D eigenvalue weighted by molar-refractivity contribution is 0.820. The van der Waals surface area contributed by atoms with E-state index in [1.165, 1.54) is 5.56 Å². The normalized spacial score (nSPS) is 10.7. The molecule has 0 atom stereocenters. The van der Waals surface area contributed by atoms with E-state index in [1.54, 1.807) is 0 Å². The van der Waals surface area contributed by atoms with Gasteiger partial charge in [-0.3, -0.25) is 0 Å². The van der Waals surface area contributed by atoms with E-state index in [-0.39, 0.29) is 0 Å². The quantitative estimate of drug-likeness (QED) is 0.645. The van der Waals surface area contributed by atoms with Gasteiger partial charge in [-0.2, -0.15) is 0 Å². The van der Waals surface area contributed by atoms with Crippen LogP contribution in [0.1, 0.15) is 5.56 Å². The largest absolute Gasteiger partial charge is 0.351 e. The van der Waals surface area contributed by atoms with Gasteiger partial charge in [-0.15, -0.1) is 11.6 Å². The van der Waals surface area contributed by atoms with Crippen LogP contribution in [-0.4, -0.2) is 17.4 Å². The molecule has 1 aromatic heterocycles. The summed E-state index contributed by atoms with van der Waals surface area (Å²) in [5.74, 6) is 1.56. The molecule has 3 aromatic rings. The first-order chi connectivity index (χ1) is 10.4. The highest BCUT2D eigenvalue weighted by Crippen LogP contribution is 2.19. The lowest BCUT2D eigenvalue weighted by atomic mass is 10.2. The molecule has 0 aliphatic rings. The molecule has 1 heterocycles. The van der Waals surface area contributed by atoms with Crippen molar-refractivity contribution in [2.45, 2.75) is 6.54 Å². The number of hydrogen-bond acceptors (Lipinski definition) is 2. The van der Waals surface area contributed by atoms with Crippen LogP contribution in [0, 0.1) is 0 Å². The van der Waals surface area contributed by atoms with E-state index in [0.717, 1.165) is 29.8 Å². The zero-order valence-corrected chi connectivity index (χ0v) is 12.5. The van der Waals surface area contributed by atoms with Crippen molar-refractivity contribution in [1.29, 1.82) is 0 Å². The van der Waals surface area contributed by atoms with Crippen molar-refractivity contribution in [3.05, 3.63) is 72.3 Å². The molecule has 2 nitrogen and oxygen atoms in total. The second-order valence-corrected chi connectivity index (χ2v) is 5.34. The van der Waals surface area contributed by atoms with Crippen molar-refractivity contribution in [3.8, 4) is 0 Å². The molecule has 0 saturated carbocycles. The second-order valence-electron chi connectivity index (χ2n) is 4.96. The molecule has 0 N–H and O–H groups in total. The number of hydrogen-bond donors (Lipinski definition) is 0. The van der Waals surface area contributed by atoms with Crippen LogP contribution in [0.4, 0.5) is 5.82 Å². The molecule has 21 heavy (non-hydrogen) atoms. The number of anilines is 1. The molecule has 0 unspecified atom stereocenters. The second kappa shape index (κ2) is 6.59. The van der Waals surface area contributed by atoms with Gasteiger partial charge in [0.15, 0.2) is 0 Å². The third-order valence-electron chi connectivity index (χ3n) is 3.48. The number of nitrogens with zero attached hydrogens (tertiary/aromatic N) is 2. The monoisotopic (exact) mass is 296 g/mol. The van der Waals surface area contributed by atoms with Crippen LogP contribution in [0.2, 0.25) is 0 Å². The predicted molar refractivity (Wildman–Crippen MR) is 90.0 cm³/mol. The van der Waals surface area contributed by atoms with Gasteiger partial charge in [0.1, 0.15) is 5.82 Å². The van der Waals surface area contributed by atoms with Gasteiger partial charge in [-0.1, -0.05) is 48.5 Å². The Morgan fingerprint density at radius 1 is 0.857 bits per heavy atom. The van der Waals surface area contributed by atoms with Crippen molar-refractivity contribution in [2.24, 2.45) is 0 Å². The van der Waals surface area contributed by atoms with Crippen molar-refractivity contribution >= 4 is 28.3 Å². The SMILES string of the molecule is ClCCN(Cc1ccccc1)c1ccc2ccccc2n1. The van der Waals surface area contributed by atoms with Crippen molar-refractivity contribution in [1.82, 2.24) is 4.98 Å². The molecule has 106 valence electrons. The van der Waals surface area contributed by atoms with Gasteiger partial charge in [0.05, 0.1) is 5.52 Å². The van der Waals surface area contributed by atoms with Gasteiger partial charge in [-0.05, 0) is 23.8 Å². The summed E-state index contributed by atoms with van der Waals surface area (Å²) in [6.07, 6.45) is 0. The van der Waals surface area contributed by atoms with Crippen LogP contribution in [0.5, 0.6) is 0 Å². The number of benzene rings is 2. The predicted octanol–water partition coefficient (Wildman–Crippen LogP) is 4.48. The summed E-state index contributed by atoms with van der Waals surface area (Å²) in [6.45, 7) is 1.60. The van der Waals surface area contributed by atoms with Gasteiger partial charge < -0.3 is 4.90 Å². The standard InChI is InChI=1S/C18H17ClN2/c19-12-13-21(14-15-6-2-1-3-7-15)18-11-10-16-8-4-5-9-17(16)20-18/h1-11H,12-14H2. The van der Waals surface area contributed by atoms with Crippen LogP contribution in [0.3, 0.4) is 0 Å². The highest BCUT2D eigenvalue weighted by atomic mass is 35.5. The number of fused-ring (bicyclic) bond motifs is 1. The van der Waals surface area contributed by atoms with E-state index in [4.69, 9.17) is 16.6 Å². The first-order valence-corrected chi connectivity index (χ1v) is 7.61. The van der Waals surface area contributed by atoms with E-state index in [2.05, 4.69) is 47.4 Å². The smallest absolute Gasteiger partial charge is 0.129 e. The fourth-order valence-electron chi connectivity index (χ4n) is 2.41. The zero-order valence-electron chi connectivity index (χ0n) is 11.7. The van der Waals surface area contributed by atoms with E-state index >= 15 is 0 Å². The molecule has 0 aliphatic carbocycles. The summed E-state index contributed by atoms with van der Waals surface area (Å²) < 4.78 is 0. The number of rotatable bonds is 5. The summed E-state index contributed by atoms with van der Waals surface area (Å²) in [7, 11) is 0. The van der Waals surface area contributed by atoms with Crippen LogP contribution >= 0.6 is 11.6 Å². The van der Waals surface area contributed by atoms with Gasteiger partial charge in [-0.25, -0.2) is 4.98 Å². The molecule has 0 bridgehead atoms. The van der Waals surface area contributed by atoms with Gasteiger partial charge in [0, 0.05) is 24.4 Å². The number of pyridine rings is 1. The Morgan fingerprint density at radius 2 is 1.62 bits per heavy atom. The average Bonchev–Trinajstić information content (AvgIpc) is 2.55. The maximum Gasteiger partial charge on any atom is 0.129 e. The molecular weight excluding hydrogens is 280 g/mol. The van der Waals surface area contributed by atoms with E-state index in [1.807, 2.05) is 24.3 Å². The molecule has 0 amide bonds. The molecular formula is C18H17ClN2. The van der Waals surface area contributed by atoms with Crippen LogP contribution in [0.25, 0.3) is 10.9 Å². The summed E-state index contributed by atoms with van der Waals surface area (Å²) in [5.41, 5.74) is 2.28. The molecule has 0 saturated heterocycles. The minimum Gasteiger partial charge on any atom is -0.351 e. The molecule has 0 radical (unpaired) electrons. The molecule has 0 aliphatic heterocycles. The number of alkyl halides is 1. The van der Waals surface area contributed by atoms with E-state index in [0.29, 0.717) is 5.88 Å². The Hall–Kier alpha value is -2.06. The lowest BCUT2D eigenvalue weighted by Gasteiger charge is -2.23. The fraction of sp³-hybridized carbons (Fsp3) is 0.167. The maximum atomic E-state index is 5.96. The minimum atomic E-state index is 0.585. The molecule has 2 aromatic carbocycles. The van der Waals surface area contributed by atoms with Crippen LogP contribution in [0.15, 0.2) is 66.7 Å². The summed E-state index contributed by atoms with van der Waals surface area (Å²) >= 11 is 5.96. The first-order valence-electron chi connectivity index (χ1n) is 7.07. The molecule has 0 fully saturated rings. The van der Waals surface area contributed by atoms with Crippen molar-refractivity contribution in [3.63, 3.8) is 0 Å². The first kappa shape index (κ1) is 13.9. The molecule has 0 spiro atoms. The highest BCUT2D eigenvalue weighted by molar-refractivity contribution is 6.18. The fourth-order valence-corrected chi connectivity index (χ4v) is 2.62. The average molecular weight is 297 g/mol. The number of para-hydroxylation sites is 1. The van der Waals surface area contributed by atoms with Gasteiger partial charge >= 0.3 is 0 Å². The maximum absolute atomic E-state index is 5.96. The highest BCUT2D eigenvalue weighted by Gasteiger charge is 2.09. The van der Waals surface area contributed by atoms with E-state index in [9.17, 15) is 0 Å². The Balaban J connectivity index is 1.91. The molecule has 3 heteroatoms. The van der Waals surface area contributed by atoms with Crippen molar-refractivity contribution in [2.75, 3.05) is 17.3 Å². The minimum absolute atomic E-state index is 0.585. The van der Waals surface area contributed by atoms with Crippen molar-refractivity contribution < 1.29 is 0 Å². The topological polar surface area (TPSA) is 16.1 Å². The van der Waals surface area contributed by atoms with Gasteiger partial charge in [0.2, 0.25) is 0 Å². The lowest BCUT2D eigenvalue weighted by Crippen LogP contribution is -2.25. The Morgan fingerprint density at radius 3 is 2.43 bits per heavy atom. The van der Waals surface area contributed by atoms with Crippen LogP contribution in [-0.2, 0) is 6.54 Å². The third-order valence-corrected chi connectivity index (χ3v) is 3.65. The summed E-state index contributed by atoms with van der Waals surface area (Å²) in [5, 5.41) is 1.16. The summed E-state index contributed by atoms with van der Waals surface area (Å²) in [4.78, 5) is 6.97. The zero-order chi connectivity index (χ0) is 14.5. The summed E-state index contributed by atoms with van der Waals surface area (Å²) in [6, 6.07) is 22.8. The van der Waals surface area contributed by atoms with E-state index < -0.39 is 0 Å². The Bertz CT molecular complexity index is 712. The Labute approximate surface area is 130 Å². The number of aromatic nitrogens is 1. The third kappa shape index (κ3) is 3.34. The molecule has 3 rings (SSSR count). The number of halogens is 1. The Kier molecular flexibility index (Phi) is 4.37.